The summed E-state index contributed by atoms with van der Waals surface area (Å²) in [6, 6.07) is 8.63. The van der Waals surface area contributed by atoms with Crippen LogP contribution in [-0.4, -0.2) is 20.2 Å². The van der Waals surface area contributed by atoms with Crippen LogP contribution in [0.25, 0.3) is 5.69 Å². The lowest BCUT2D eigenvalue weighted by Gasteiger charge is -2.05. The van der Waals surface area contributed by atoms with Crippen molar-refractivity contribution in [3.8, 4) is 17.8 Å². The number of hydrogen-bond donors (Lipinski definition) is 1. The van der Waals surface area contributed by atoms with E-state index in [-0.39, 0.29) is 5.17 Å². The monoisotopic (exact) mass is 271 g/mol. The number of benzene rings is 1. The average molecular weight is 272 g/mol. The fourth-order valence-electron chi connectivity index (χ4n) is 1.52. The average Bonchev–Trinajstić information content (AvgIpc) is 2.94. The van der Waals surface area contributed by atoms with Crippen molar-refractivity contribution < 1.29 is 5.21 Å². The third-order valence-electron chi connectivity index (χ3n) is 2.40. The molecule has 0 aliphatic rings. The van der Waals surface area contributed by atoms with Crippen molar-refractivity contribution in [2.45, 2.75) is 0 Å². The summed E-state index contributed by atoms with van der Waals surface area (Å²) in [5.41, 5.74) is 1.61. The molecule has 1 aromatic heterocycles. The minimum atomic E-state index is -0.110. The summed E-state index contributed by atoms with van der Waals surface area (Å²) in [6.07, 6.45) is 2.91. The first-order valence-electron chi connectivity index (χ1n) is 5.07. The van der Waals surface area contributed by atoms with E-state index in [2.05, 4.69) is 10.3 Å². The lowest BCUT2D eigenvalue weighted by molar-refractivity contribution is 0.321. The maximum absolute atomic E-state index is 9.12. The Bertz CT molecular complexity index is 735. The minimum Gasteiger partial charge on any atom is -0.410 e. The lowest BCUT2D eigenvalue weighted by atomic mass is 10.1. The van der Waals surface area contributed by atoms with Gasteiger partial charge in [-0.25, -0.2) is 4.68 Å². The molecule has 0 atom stereocenters. The second kappa shape index (κ2) is 5.21. The SMILES string of the molecule is N#Cc1cnn(-c2ccc(/C(Cl)=N/O)cc2C#N)c1. The first-order chi connectivity index (χ1) is 9.19. The van der Waals surface area contributed by atoms with Gasteiger partial charge >= 0.3 is 0 Å². The van der Waals surface area contributed by atoms with E-state index >= 15 is 0 Å². The maximum Gasteiger partial charge on any atom is 0.175 e. The molecular weight excluding hydrogens is 266 g/mol. The van der Waals surface area contributed by atoms with Crippen LogP contribution in [0.3, 0.4) is 0 Å². The highest BCUT2D eigenvalue weighted by atomic mass is 35.5. The predicted molar refractivity (Wildman–Crippen MR) is 67.2 cm³/mol. The van der Waals surface area contributed by atoms with Gasteiger partial charge in [-0.1, -0.05) is 16.8 Å². The third-order valence-corrected chi connectivity index (χ3v) is 2.70. The Labute approximate surface area is 113 Å². The van der Waals surface area contributed by atoms with Gasteiger partial charge in [0.05, 0.1) is 23.0 Å². The van der Waals surface area contributed by atoms with Crippen LogP contribution in [0.1, 0.15) is 16.7 Å². The lowest BCUT2D eigenvalue weighted by Crippen LogP contribution is -2.00. The number of nitrogens with zero attached hydrogens (tertiary/aromatic N) is 5. The molecule has 19 heavy (non-hydrogen) atoms. The molecular formula is C12H6ClN5O. The highest BCUT2D eigenvalue weighted by Crippen LogP contribution is 2.17. The molecule has 7 heteroatoms. The Kier molecular flexibility index (Phi) is 3.46. The molecule has 0 radical (unpaired) electrons. The first kappa shape index (κ1) is 12.6. The van der Waals surface area contributed by atoms with E-state index in [0.29, 0.717) is 22.4 Å². The molecule has 1 heterocycles. The molecule has 0 fully saturated rings. The van der Waals surface area contributed by atoms with E-state index in [9.17, 15) is 0 Å². The van der Waals surface area contributed by atoms with Gasteiger partial charge in [0, 0.05) is 11.8 Å². The summed E-state index contributed by atoms with van der Waals surface area (Å²) < 4.78 is 1.42. The summed E-state index contributed by atoms with van der Waals surface area (Å²) in [7, 11) is 0. The van der Waals surface area contributed by atoms with Crippen LogP contribution in [0.15, 0.2) is 35.7 Å². The van der Waals surface area contributed by atoms with Gasteiger partial charge in [0.2, 0.25) is 0 Å². The van der Waals surface area contributed by atoms with E-state index in [0.717, 1.165) is 0 Å². The normalized spacial score (nSPS) is 10.8. The molecule has 6 nitrogen and oxygen atoms in total. The first-order valence-corrected chi connectivity index (χ1v) is 5.44. The van der Waals surface area contributed by atoms with Crippen molar-refractivity contribution in [2.24, 2.45) is 5.16 Å². The van der Waals surface area contributed by atoms with Crippen LogP contribution in [0, 0.1) is 22.7 Å². The fraction of sp³-hybridized carbons (Fsp3) is 0. The van der Waals surface area contributed by atoms with E-state index in [4.69, 9.17) is 27.3 Å². The summed E-state index contributed by atoms with van der Waals surface area (Å²) in [5.74, 6) is 0. The van der Waals surface area contributed by atoms with Crippen molar-refractivity contribution in [1.29, 1.82) is 10.5 Å². The Morgan fingerprint density at radius 3 is 2.74 bits per heavy atom. The largest absolute Gasteiger partial charge is 0.410 e. The number of rotatable bonds is 2. The molecule has 2 rings (SSSR count). The van der Waals surface area contributed by atoms with Crippen LogP contribution in [0.4, 0.5) is 0 Å². The maximum atomic E-state index is 9.12. The second-order valence-electron chi connectivity index (χ2n) is 3.52. The van der Waals surface area contributed by atoms with Crippen LogP contribution >= 0.6 is 11.6 Å². The molecule has 0 saturated heterocycles. The highest BCUT2D eigenvalue weighted by molar-refractivity contribution is 6.69. The summed E-state index contributed by atoms with van der Waals surface area (Å²) >= 11 is 5.67. The molecule has 0 aliphatic carbocycles. The summed E-state index contributed by atoms with van der Waals surface area (Å²) in [5, 5.41) is 33.2. The number of oxime groups is 1. The molecule has 1 N–H and O–H groups in total. The van der Waals surface area contributed by atoms with E-state index in [1.54, 1.807) is 12.1 Å². The van der Waals surface area contributed by atoms with Gasteiger partial charge in [-0.15, -0.1) is 0 Å². The van der Waals surface area contributed by atoms with Gasteiger partial charge in [-0.2, -0.15) is 15.6 Å². The highest BCUT2D eigenvalue weighted by Gasteiger charge is 2.09. The zero-order valence-electron chi connectivity index (χ0n) is 9.45. The molecule has 92 valence electrons. The molecule has 0 saturated carbocycles. The molecule has 0 amide bonds. The van der Waals surface area contributed by atoms with Crippen molar-refractivity contribution in [2.75, 3.05) is 0 Å². The number of aromatic nitrogens is 2. The molecule has 0 spiro atoms. The topological polar surface area (TPSA) is 98.0 Å². The van der Waals surface area contributed by atoms with Crippen molar-refractivity contribution >= 4 is 16.8 Å². The van der Waals surface area contributed by atoms with Gasteiger partial charge in [0.25, 0.3) is 0 Å². The Morgan fingerprint density at radius 1 is 1.37 bits per heavy atom. The smallest absolute Gasteiger partial charge is 0.175 e. The summed E-state index contributed by atoms with van der Waals surface area (Å²) in [4.78, 5) is 0. The number of hydrogen-bond acceptors (Lipinski definition) is 5. The van der Waals surface area contributed by atoms with Crippen molar-refractivity contribution in [3.63, 3.8) is 0 Å². The molecule has 0 unspecified atom stereocenters. The van der Waals surface area contributed by atoms with Crippen LogP contribution in [0.2, 0.25) is 0 Å². The van der Waals surface area contributed by atoms with Gasteiger partial charge in [0.15, 0.2) is 5.17 Å². The number of halogens is 1. The summed E-state index contributed by atoms with van der Waals surface area (Å²) in [6.45, 7) is 0. The van der Waals surface area contributed by atoms with Crippen LogP contribution < -0.4 is 0 Å². The molecule has 0 aliphatic heterocycles. The van der Waals surface area contributed by atoms with Crippen LogP contribution in [-0.2, 0) is 0 Å². The van der Waals surface area contributed by atoms with E-state index in [1.807, 2.05) is 12.1 Å². The minimum absolute atomic E-state index is 0.110. The third kappa shape index (κ3) is 2.39. The Morgan fingerprint density at radius 2 is 2.16 bits per heavy atom. The van der Waals surface area contributed by atoms with Gasteiger partial charge in [0.1, 0.15) is 12.1 Å². The van der Waals surface area contributed by atoms with Crippen molar-refractivity contribution in [3.05, 3.63) is 47.3 Å². The fourth-order valence-corrected chi connectivity index (χ4v) is 1.64. The van der Waals surface area contributed by atoms with Gasteiger partial charge in [-0.3, -0.25) is 0 Å². The molecule has 1 aromatic carbocycles. The second-order valence-corrected chi connectivity index (χ2v) is 3.88. The zero-order chi connectivity index (χ0) is 13.8. The van der Waals surface area contributed by atoms with Gasteiger partial charge < -0.3 is 5.21 Å². The predicted octanol–water partition coefficient (Wildman–Crippen LogP) is 1.99. The number of nitriles is 2. The standard InChI is InChI=1S/C12H6ClN5O/c13-12(17-19)9-1-2-11(10(3-9)5-15)18-7-8(4-14)6-16-18/h1-3,6-7,19H/b17-12-. The van der Waals surface area contributed by atoms with E-state index < -0.39 is 0 Å². The Hall–Kier alpha value is -2.83. The quantitative estimate of drug-likeness (QED) is 0.513. The Balaban J connectivity index is 2.54. The van der Waals surface area contributed by atoms with Crippen molar-refractivity contribution in [1.82, 2.24) is 9.78 Å². The van der Waals surface area contributed by atoms with E-state index in [1.165, 1.54) is 23.1 Å². The van der Waals surface area contributed by atoms with Crippen LogP contribution in [0.5, 0.6) is 0 Å². The zero-order valence-corrected chi connectivity index (χ0v) is 10.2. The molecule has 2 aromatic rings. The molecule has 0 bridgehead atoms. The van der Waals surface area contributed by atoms with Gasteiger partial charge in [-0.05, 0) is 18.2 Å².